The second kappa shape index (κ2) is 9.32. The Bertz CT molecular complexity index is 727. The van der Waals surface area contributed by atoms with Crippen LogP contribution in [-0.4, -0.2) is 32.4 Å². The number of oxime groups is 1. The molecule has 0 aliphatic carbocycles. The zero-order valence-corrected chi connectivity index (χ0v) is 14.6. The molecule has 6 nitrogen and oxygen atoms in total. The highest BCUT2D eigenvalue weighted by Gasteiger charge is 2.05. The van der Waals surface area contributed by atoms with Gasteiger partial charge in [0.2, 0.25) is 0 Å². The SMILES string of the molecule is CCOc1cc(C=NOCC(=O)Nc2ccc(C)cc2)ccc1OC. The normalized spacial score (nSPS) is 10.5. The molecule has 1 N–H and O–H groups in total. The number of methoxy groups -OCH3 is 1. The fraction of sp³-hybridized carbons (Fsp3) is 0.263. The van der Waals surface area contributed by atoms with Gasteiger partial charge in [0.25, 0.3) is 5.91 Å². The average Bonchev–Trinajstić information content (AvgIpc) is 2.61. The standard InChI is InChI=1S/C19H22N2O4/c1-4-24-18-11-15(7-10-17(18)23-3)12-20-25-13-19(22)21-16-8-5-14(2)6-9-16/h5-12H,4,13H2,1-3H3,(H,21,22). The molecule has 0 saturated carbocycles. The number of aryl methyl sites for hydroxylation is 1. The van der Waals surface area contributed by atoms with Crippen molar-refractivity contribution in [2.75, 3.05) is 25.6 Å². The number of ether oxygens (including phenoxy) is 2. The Morgan fingerprint density at radius 2 is 1.92 bits per heavy atom. The molecule has 0 saturated heterocycles. The zero-order chi connectivity index (χ0) is 18.1. The van der Waals surface area contributed by atoms with Crippen LogP contribution >= 0.6 is 0 Å². The summed E-state index contributed by atoms with van der Waals surface area (Å²) in [6.07, 6.45) is 1.51. The van der Waals surface area contributed by atoms with Gasteiger partial charge in [-0.25, -0.2) is 0 Å². The molecule has 2 aromatic rings. The van der Waals surface area contributed by atoms with Gasteiger partial charge in [-0.05, 0) is 44.2 Å². The van der Waals surface area contributed by atoms with E-state index >= 15 is 0 Å². The number of hydrogen-bond acceptors (Lipinski definition) is 5. The van der Waals surface area contributed by atoms with E-state index in [4.69, 9.17) is 14.3 Å². The van der Waals surface area contributed by atoms with Gasteiger partial charge in [-0.15, -0.1) is 0 Å². The fourth-order valence-corrected chi connectivity index (χ4v) is 2.07. The quantitative estimate of drug-likeness (QED) is 0.590. The Labute approximate surface area is 147 Å². The van der Waals surface area contributed by atoms with E-state index in [0.29, 0.717) is 18.1 Å². The molecule has 0 unspecified atom stereocenters. The lowest BCUT2D eigenvalue weighted by atomic mass is 10.2. The number of anilines is 1. The van der Waals surface area contributed by atoms with Crippen molar-refractivity contribution in [2.45, 2.75) is 13.8 Å². The summed E-state index contributed by atoms with van der Waals surface area (Å²) in [5, 5.41) is 6.55. The Hall–Kier alpha value is -3.02. The second-order valence-corrected chi connectivity index (χ2v) is 5.27. The lowest BCUT2D eigenvalue weighted by Crippen LogP contribution is -2.16. The molecular formula is C19H22N2O4. The number of amides is 1. The van der Waals surface area contributed by atoms with Crippen LogP contribution in [0.15, 0.2) is 47.6 Å². The third-order valence-electron chi connectivity index (χ3n) is 3.29. The van der Waals surface area contributed by atoms with E-state index in [1.165, 1.54) is 6.21 Å². The Kier molecular flexibility index (Phi) is 6.83. The molecule has 0 aliphatic rings. The third-order valence-corrected chi connectivity index (χ3v) is 3.29. The summed E-state index contributed by atoms with van der Waals surface area (Å²) in [7, 11) is 1.58. The Balaban J connectivity index is 1.85. The van der Waals surface area contributed by atoms with E-state index < -0.39 is 0 Å². The van der Waals surface area contributed by atoms with Gasteiger partial charge in [0.15, 0.2) is 18.1 Å². The first-order valence-electron chi connectivity index (χ1n) is 7.95. The molecular weight excluding hydrogens is 320 g/mol. The number of hydrogen-bond donors (Lipinski definition) is 1. The van der Waals surface area contributed by atoms with Crippen LogP contribution in [0, 0.1) is 6.92 Å². The first kappa shape index (κ1) is 18.3. The van der Waals surface area contributed by atoms with Gasteiger partial charge in [-0.1, -0.05) is 22.9 Å². The number of nitrogens with one attached hydrogen (secondary N) is 1. The highest BCUT2D eigenvalue weighted by molar-refractivity contribution is 5.91. The third kappa shape index (κ3) is 5.84. The van der Waals surface area contributed by atoms with Crippen LogP contribution in [0.3, 0.4) is 0 Å². The molecule has 2 aromatic carbocycles. The first-order valence-corrected chi connectivity index (χ1v) is 7.95. The maximum Gasteiger partial charge on any atom is 0.265 e. The van der Waals surface area contributed by atoms with Gasteiger partial charge >= 0.3 is 0 Å². The molecule has 0 fully saturated rings. The molecule has 2 rings (SSSR count). The van der Waals surface area contributed by atoms with Crippen LogP contribution in [0.4, 0.5) is 5.69 Å². The van der Waals surface area contributed by atoms with Crippen molar-refractivity contribution in [1.82, 2.24) is 0 Å². The van der Waals surface area contributed by atoms with Crippen molar-refractivity contribution in [2.24, 2.45) is 5.16 Å². The van der Waals surface area contributed by atoms with Crippen molar-refractivity contribution in [1.29, 1.82) is 0 Å². The minimum atomic E-state index is -0.272. The number of nitrogens with zero attached hydrogens (tertiary/aromatic N) is 1. The summed E-state index contributed by atoms with van der Waals surface area (Å²) in [5.74, 6) is 1.01. The van der Waals surface area contributed by atoms with Crippen LogP contribution in [0.25, 0.3) is 0 Å². The smallest absolute Gasteiger partial charge is 0.265 e. The second-order valence-electron chi connectivity index (χ2n) is 5.27. The summed E-state index contributed by atoms with van der Waals surface area (Å²) in [5.41, 5.74) is 2.63. The highest BCUT2D eigenvalue weighted by Crippen LogP contribution is 2.27. The summed E-state index contributed by atoms with van der Waals surface area (Å²) < 4.78 is 10.7. The van der Waals surface area contributed by atoms with Crippen LogP contribution < -0.4 is 14.8 Å². The summed E-state index contributed by atoms with van der Waals surface area (Å²) >= 11 is 0. The molecule has 0 bridgehead atoms. The van der Waals surface area contributed by atoms with Gasteiger partial charge in [0.05, 0.1) is 19.9 Å². The van der Waals surface area contributed by atoms with E-state index in [1.54, 1.807) is 19.2 Å². The van der Waals surface area contributed by atoms with Crippen molar-refractivity contribution in [3.63, 3.8) is 0 Å². The van der Waals surface area contributed by atoms with E-state index in [1.807, 2.05) is 44.2 Å². The van der Waals surface area contributed by atoms with Crippen molar-refractivity contribution < 1.29 is 19.1 Å². The fourth-order valence-electron chi connectivity index (χ4n) is 2.07. The number of carbonyl (C=O) groups excluding carboxylic acids is 1. The molecule has 0 heterocycles. The molecule has 0 atom stereocenters. The Morgan fingerprint density at radius 1 is 1.16 bits per heavy atom. The highest BCUT2D eigenvalue weighted by atomic mass is 16.6. The lowest BCUT2D eigenvalue weighted by molar-refractivity contribution is -0.120. The largest absolute Gasteiger partial charge is 0.493 e. The van der Waals surface area contributed by atoms with Gasteiger partial charge in [0, 0.05) is 11.3 Å². The Morgan fingerprint density at radius 3 is 2.60 bits per heavy atom. The molecule has 0 aliphatic heterocycles. The zero-order valence-electron chi connectivity index (χ0n) is 14.6. The van der Waals surface area contributed by atoms with Crippen LogP contribution in [0.2, 0.25) is 0 Å². The minimum absolute atomic E-state index is 0.168. The van der Waals surface area contributed by atoms with E-state index in [9.17, 15) is 4.79 Å². The predicted molar refractivity (Wildman–Crippen MR) is 97.5 cm³/mol. The maximum atomic E-state index is 11.8. The van der Waals surface area contributed by atoms with Gasteiger partial charge in [-0.3, -0.25) is 4.79 Å². The van der Waals surface area contributed by atoms with Crippen molar-refractivity contribution >= 4 is 17.8 Å². The predicted octanol–water partition coefficient (Wildman–Crippen LogP) is 3.39. The number of benzene rings is 2. The first-order chi connectivity index (χ1) is 12.1. The molecule has 25 heavy (non-hydrogen) atoms. The van der Waals surface area contributed by atoms with E-state index in [2.05, 4.69) is 10.5 Å². The monoisotopic (exact) mass is 342 g/mol. The van der Waals surface area contributed by atoms with Gasteiger partial charge in [0.1, 0.15) is 0 Å². The van der Waals surface area contributed by atoms with E-state index in [0.717, 1.165) is 16.8 Å². The van der Waals surface area contributed by atoms with E-state index in [-0.39, 0.29) is 12.5 Å². The molecule has 132 valence electrons. The summed E-state index contributed by atoms with van der Waals surface area (Å²) in [4.78, 5) is 16.8. The molecule has 6 heteroatoms. The van der Waals surface area contributed by atoms with Crippen LogP contribution in [0.1, 0.15) is 18.1 Å². The molecule has 0 spiro atoms. The topological polar surface area (TPSA) is 69.2 Å². The lowest BCUT2D eigenvalue weighted by Gasteiger charge is -2.09. The average molecular weight is 342 g/mol. The molecule has 1 amide bonds. The van der Waals surface area contributed by atoms with Gasteiger partial charge in [-0.2, -0.15) is 0 Å². The van der Waals surface area contributed by atoms with Crippen molar-refractivity contribution in [3.8, 4) is 11.5 Å². The number of rotatable bonds is 8. The number of carbonyl (C=O) groups is 1. The molecule has 0 aromatic heterocycles. The molecule has 0 radical (unpaired) electrons. The van der Waals surface area contributed by atoms with Gasteiger partial charge < -0.3 is 19.6 Å². The maximum absolute atomic E-state index is 11.8. The van der Waals surface area contributed by atoms with Crippen LogP contribution in [-0.2, 0) is 9.63 Å². The minimum Gasteiger partial charge on any atom is -0.493 e. The van der Waals surface area contributed by atoms with Crippen molar-refractivity contribution in [3.05, 3.63) is 53.6 Å². The summed E-state index contributed by atoms with van der Waals surface area (Å²) in [6.45, 7) is 4.25. The van der Waals surface area contributed by atoms with Crippen LogP contribution in [0.5, 0.6) is 11.5 Å². The summed E-state index contributed by atoms with van der Waals surface area (Å²) in [6, 6.07) is 12.9.